The fourth-order valence-corrected chi connectivity index (χ4v) is 10.8. The van der Waals surface area contributed by atoms with Gasteiger partial charge >= 0.3 is 0 Å². The van der Waals surface area contributed by atoms with Crippen LogP contribution in [0.15, 0.2) is 0 Å². The van der Waals surface area contributed by atoms with Crippen molar-refractivity contribution in [3.05, 3.63) is 0 Å². The van der Waals surface area contributed by atoms with E-state index in [1.54, 1.807) is 6.92 Å². The molecule has 1 heterocycles. The highest BCUT2D eigenvalue weighted by Crippen LogP contribution is 2.69. The van der Waals surface area contributed by atoms with Crippen molar-refractivity contribution in [2.75, 3.05) is 0 Å². The highest BCUT2D eigenvalue weighted by molar-refractivity contribution is 5.17. The van der Waals surface area contributed by atoms with Crippen LogP contribution in [-0.2, 0) is 9.47 Å². The van der Waals surface area contributed by atoms with Crippen molar-refractivity contribution in [1.82, 2.24) is 0 Å². The molecule has 14 atom stereocenters. The van der Waals surface area contributed by atoms with Gasteiger partial charge in [-0.2, -0.15) is 0 Å². The lowest BCUT2D eigenvalue weighted by molar-refractivity contribution is -0.304. The van der Waals surface area contributed by atoms with Crippen LogP contribution in [-0.4, -0.2) is 62.8 Å². The van der Waals surface area contributed by atoms with Gasteiger partial charge in [0.1, 0.15) is 18.3 Å². The monoisotopic (exact) mass is 550 g/mol. The van der Waals surface area contributed by atoms with E-state index in [0.29, 0.717) is 29.6 Å². The predicted molar refractivity (Wildman–Crippen MR) is 152 cm³/mol. The highest BCUT2D eigenvalue weighted by atomic mass is 16.7. The zero-order valence-electron chi connectivity index (χ0n) is 25.5. The van der Waals surface area contributed by atoms with E-state index in [2.05, 4.69) is 34.6 Å². The molecule has 1 saturated heterocycles. The quantitative estimate of drug-likeness (QED) is 0.321. The number of aliphatic hydroxyl groups is 4. The Bertz CT molecular complexity index is 848. The summed E-state index contributed by atoms with van der Waals surface area (Å²) in [7, 11) is 0. The van der Waals surface area contributed by atoms with E-state index in [9.17, 15) is 20.4 Å². The fraction of sp³-hybridized carbons (Fsp3) is 1.00. The number of aliphatic hydroxyl groups excluding tert-OH is 3. The molecular weight excluding hydrogens is 492 g/mol. The number of hydrogen-bond acceptors (Lipinski definition) is 6. The van der Waals surface area contributed by atoms with Crippen LogP contribution in [0.5, 0.6) is 0 Å². The van der Waals surface area contributed by atoms with Gasteiger partial charge in [-0.1, -0.05) is 66.7 Å². The van der Waals surface area contributed by atoms with Crippen LogP contribution in [0.1, 0.15) is 119 Å². The summed E-state index contributed by atoms with van der Waals surface area (Å²) in [6.45, 7) is 13.6. The largest absolute Gasteiger partial charge is 0.391 e. The van der Waals surface area contributed by atoms with E-state index in [0.717, 1.165) is 43.4 Å². The first kappa shape index (κ1) is 30.2. The van der Waals surface area contributed by atoms with Crippen LogP contribution in [0.3, 0.4) is 0 Å². The van der Waals surface area contributed by atoms with E-state index in [1.165, 1.54) is 44.9 Å². The fourth-order valence-electron chi connectivity index (χ4n) is 10.8. The van der Waals surface area contributed by atoms with Gasteiger partial charge in [-0.25, -0.2) is 0 Å². The SMILES string of the molecule is CC(C)CCC[C@@H](C)[C@H]1CC[C@H]2[C@@H]3C[C@@H](O[C@H]4O[C@H]([C@H](C)O)[C@@H](O)[C@@H]4O)[C@@]4(O)CCCC[C@]4(C)[C@H]3CC[C@]12C. The summed E-state index contributed by atoms with van der Waals surface area (Å²) in [6, 6.07) is 0. The summed E-state index contributed by atoms with van der Waals surface area (Å²) in [5.74, 6) is 3.88. The Hall–Kier alpha value is -0.240. The lowest BCUT2D eigenvalue weighted by Crippen LogP contribution is -2.68. The minimum Gasteiger partial charge on any atom is -0.391 e. The molecule has 1 aliphatic heterocycles. The molecule has 0 aromatic rings. The second-order valence-corrected chi connectivity index (χ2v) is 15.5. The number of ether oxygens (including phenoxy) is 2. The molecule has 5 rings (SSSR count). The van der Waals surface area contributed by atoms with Crippen LogP contribution >= 0.6 is 0 Å². The van der Waals surface area contributed by atoms with Crippen molar-refractivity contribution in [2.24, 2.45) is 46.3 Å². The zero-order valence-corrected chi connectivity index (χ0v) is 25.5. The summed E-state index contributed by atoms with van der Waals surface area (Å²) in [6.07, 6.45) is 7.88. The number of fused-ring (bicyclic) bond motifs is 5. The van der Waals surface area contributed by atoms with Gasteiger partial charge in [0, 0.05) is 5.41 Å². The molecule has 0 spiro atoms. The van der Waals surface area contributed by atoms with Crippen molar-refractivity contribution in [3.63, 3.8) is 0 Å². The van der Waals surface area contributed by atoms with Gasteiger partial charge in [-0.3, -0.25) is 0 Å². The third-order valence-corrected chi connectivity index (χ3v) is 13.0. The zero-order chi connectivity index (χ0) is 28.3. The maximum Gasteiger partial charge on any atom is 0.187 e. The molecule has 4 N–H and O–H groups in total. The summed E-state index contributed by atoms with van der Waals surface area (Å²) in [5, 5.41) is 43.8. The van der Waals surface area contributed by atoms with E-state index in [4.69, 9.17) is 9.47 Å². The summed E-state index contributed by atoms with van der Waals surface area (Å²) in [4.78, 5) is 0. The maximum atomic E-state index is 12.4. The molecule has 5 fully saturated rings. The lowest BCUT2D eigenvalue weighted by atomic mass is 9.42. The van der Waals surface area contributed by atoms with E-state index in [-0.39, 0.29) is 5.41 Å². The molecular formula is C33H58O6. The lowest BCUT2D eigenvalue weighted by Gasteiger charge is -2.65. The van der Waals surface area contributed by atoms with E-state index >= 15 is 0 Å². The molecule has 0 aromatic carbocycles. The number of rotatable bonds is 8. The third-order valence-electron chi connectivity index (χ3n) is 13.0. The molecule has 0 amide bonds. The first-order valence-corrected chi connectivity index (χ1v) is 16.4. The van der Waals surface area contributed by atoms with Crippen molar-refractivity contribution in [2.45, 2.75) is 161 Å². The molecule has 4 aliphatic carbocycles. The first-order valence-electron chi connectivity index (χ1n) is 16.4. The molecule has 5 aliphatic rings. The van der Waals surface area contributed by atoms with Gasteiger partial charge in [-0.05, 0) is 92.8 Å². The Kier molecular flexibility index (Phi) is 8.61. The summed E-state index contributed by atoms with van der Waals surface area (Å²) >= 11 is 0. The molecule has 6 nitrogen and oxygen atoms in total. The van der Waals surface area contributed by atoms with Crippen LogP contribution in [0.4, 0.5) is 0 Å². The average Bonchev–Trinajstić information content (AvgIpc) is 3.36. The van der Waals surface area contributed by atoms with Crippen molar-refractivity contribution < 1.29 is 29.9 Å². The Morgan fingerprint density at radius 1 is 0.897 bits per heavy atom. The second-order valence-electron chi connectivity index (χ2n) is 15.5. The van der Waals surface area contributed by atoms with E-state index in [1.807, 2.05) is 0 Å². The number of hydrogen-bond donors (Lipinski definition) is 4. The molecule has 0 unspecified atom stereocenters. The van der Waals surface area contributed by atoms with Crippen LogP contribution < -0.4 is 0 Å². The summed E-state index contributed by atoms with van der Waals surface area (Å²) in [5.41, 5.74) is -0.868. The van der Waals surface area contributed by atoms with Gasteiger partial charge in [0.05, 0.1) is 17.8 Å². The molecule has 4 saturated carbocycles. The van der Waals surface area contributed by atoms with Gasteiger partial charge in [0.2, 0.25) is 0 Å². The first-order chi connectivity index (χ1) is 18.3. The van der Waals surface area contributed by atoms with Crippen molar-refractivity contribution in [1.29, 1.82) is 0 Å². The Morgan fingerprint density at radius 2 is 1.62 bits per heavy atom. The standard InChI is InChI=1S/C33H58O6/c1-19(2)10-9-11-20(3)23-12-13-24-22-18-26(38-30-28(36)27(35)29(39-30)21(4)34)33(37)16-8-7-15-32(33,6)25(22)14-17-31(23,24)5/h19-30,34-37H,7-18H2,1-6H3/t20-,21+,22+,23-,24+,25+,26-,27+,28+,29-,30+,31-,32-,33+/m1/s1. The van der Waals surface area contributed by atoms with Gasteiger partial charge in [-0.15, -0.1) is 0 Å². The molecule has 0 radical (unpaired) electrons. The second kappa shape index (κ2) is 11.1. The summed E-state index contributed by atoms with van der Waals surface area (Å²) < 4.78 is 12.4. The molecule has 6 heteroatoms. The smallest absolute Gasteiger partial charge is 0.187 e. The average molecular weight is 551 g/mol. The van der Waals surface area contributed by atoms with Gasteiger partial charge in [0.25, 0.3) is 0 Å². The maximum absolute atomic E-state index is 12.4. The topological polar surface area (TPSA) is 99.4 Å². The highest BCUT2D eigenvalue weighted by Gasteiger charge is 2.67. The van der Waals surface area contributed by atoms with Crippen LogP contribution in [0, 0.1) is 46.3 Å². The minimum atomic E-state index is -1.24. The van der Waals surface area contributed by atoms with Crippen LogP contribution in [0.25, 0.3) is 0 Å². The molecule has 0 bridgehead atoms. The van der Waals surface area contributed by atoms with Gasteiger partial charge in [0.15, 0.2) is 6.29 Å². The van der Waals surface area contributed by atoms with Crippen molar-refractivity contribution >= 4 is 0 Å². The Labute approximate surface area is 237 Å². The normalized spacial score (nSPS) is 51.3. The molecule has 39 heavy (non-hydrogen) atoms. The van der Waals surface area contributed by atoms with E-state index < -0.39 is 42.4 Å². The minimum absolute atomic E-state index is 0.229. The third kappa shape index (κ3) is 4.95. The van der Waals surface area contributed by atoms with Crippen LogP contribution in [0.2, 0.25) is 0 Å². The Balaban J connectivity index is 1.39. The Morgan fingerprint density at radius 3 is 2.28 bits per heavy atom. The molecule has 0 aromatic heterocycles. The molecule has 226 valence electrons. The van der Waals surface area contributed by atoms with Crippen molar-refractivity contribution in [3.8, 4) is 0 Å². The predicted octanol–water partition coefficient (Wildman–Crippen LogP) is 5.44. The van der Waals surface area contributed by atoms with Gasteiger partial charge < -0.3 is 29.9 Å².